The average molecular weight is 1220 g/mol. The van der Waals surface area contributed by atoms with Crippen LogP contribution in [0.25, 0.3) is 21.5 Å². The molecule has 8 aromatic carbocycles. The second kappa shape index (κ2) is 35.2. The molecule has 0 aliphatic heterocycles. The van der Waals surface area contributed by atoms with Gasteiger partial charge in [-0.2, -0.15) is 0 Å². The molecule has 0 saturated heterocycles. The Kier molecular flexibility index (Phi) is 26.2. The highest BCUT2D eigenvalue weighted by molar-refractivity contribution is 5.89. The normalized spacial score (nSPS) is 18.6. The number of hydrogen-bond donors (Lipinski definition) is 2. The van der Waals surface area contributed by atoms with Crippen LogP contribution in [-0.2, 0) is 54.8 Å². The molecule has 2 fully saturated rings. The fraction of sp³-hybridized carbons (Fsp3) is 0.413. The first-order chi connectivity index (χ1) is 43.8. The molecule has 2 saturated carbocycles. The van der Waals surface area contributed by atoms with Crippen molar-refractivity contribution in [2.24, 2.45) is 5.92 Å². The fourth-order valence-corrected chi connectivity index (χ4v) is 12.4. The topological polar surface area (TPSA) is 151 Å². The summed E-state index contributed by atoms with van der Waals surface area (Å²) in [6.45, 7) is 4.92. The minimum absolute atomic E-state index is 0.00160. The van der Waals surface area contributed by atoms with Crippen molar-refractivity contribution in [2.75, 3.05) is 81.8 Å². The Bertz CT molecular complexity index is 3350. The van der Waals surface area contributed by atoms with E-state index < -0.39 is 6.10 Å². The van der Waals surface area contributed by atoms with Crippen LogP contribution in [0.2, 0.25) is 0 Å². The van der Waals surface area contributed by atoms with Gasteiger partial charge in [-0.3, -0.25) is 0 Å². The second-order valence-electron chi connectivity index (χ2n) is 22.8. The molecule has 2 N–H and O–H groups in total. The Hall–Kier alpha value is -7.24. The predicted molar refractivity (Wildman–Crippen MR) is 348 cm³/mol. The van der Waals surface area contributed by atoms with Gasteiger partial charge in [0.25, 0.3) is 0 Å². The van der Waals surface area contributed by atoms with Gasteiger partial charge in [-0.1, -0.05) is 116 Å². The predicted octanol–water partition coefficient (Wildman–Crippen LogP) is 14.4. The van der Waals surface area contributed by atoms with Crippen LogP contribution in [0.3, 0.4) is 0 Å². The van der Waals surface area contributed by atoms with Crippen LogP contribution < -0.4 is 28.4 Å². The SMILES string of the molecule is COC[C@@H](O)CO[C@@H]1CCC[C@H](OCc2cc(OC)c3ccccc3c2)[C@H]1c1ccc(OCCCOCc2ccccc2OC)cc1.COc1ccccc1COCCCOc1ccc([C@H]2[C@H](CO)CCC[C@@H]2OCc2cc(OC)c3ccccc3c2)cc1. The van der Waals surface area contributed by atoms with Gasteiger partial charge in [0.1, 0.15) is 40.6 Å². The molecule has 0 radical (unpaired) electrons. The zero-order chi connectivity index (χ0) is 62.0. The van der Waals surface area contributed by atoms with Crippen LogP contribution in [0, 0.1) is 5.92 Å². The number of hydrogen-bond acceptors (Lipinski definition) is 14. The highest BCUT2D eigenvalue weighted by Crippen LogP contribution is 2.42. The van der Waals surface area contributed by atoms with Gasteiger partial charge in [0.2, 0.25) is 0 Å². The number of aliphatic hydroxyl groups is 2. The van der Waals surface area contributed by atoms with Crippen LogP contribution in [0.5, 0.6) is 34.5 Å². The van der Waals surface area contributed by atoms with Crippen molar-refractivity contribution in [3.05, 3.63) is 203 Å². The number of fused-ring (bicyclic) bond motifs is 2. The lowest BCUT2D eigenvalue weighted by atomic mass is 9.74. The second-order valence-corrected chi connectivity index (χ2v) is 22.8. The van der Waals surface area contributed by atoms with E-state index in [9.17, 15) is 10.2 Å². The number of para-hydroxylation sites is 2. The Morgan fingerprint density at radius 3 is 1.35 bits per heavy atom. The number of benzene rings is 8. The number of rotatable bonds is 32. The highest BCUT2D eigenvalue weighted by atomic mass is 16.5. The molecule has 10 rings (SSSR count). The van der Waals surface area contributed by atoms with E-state index in [1.165, 1.54) is 5.56 Å². The summed E-state index contributed by atoms with van der Waals surface area (Å²) in [6.07, 6.45) is 6.57. The molecular weight excluding hydrogens is 1120 g/mol. The smallest absolute Gasteiger partial charge is 0.127 e. The van der Waals surface area contributed by atoms with Gasteiger partial charge < -0.3 is 67.1 Å². The Morgan fingerprint density at radius 1 is 0.427 bits per heavy atom. The maximum Gasteiger partial charge on any atom is 0.127 e. The van der Waals surface area contributed by atoms with Crippen LogP contribution in [0.15, 0.2) is 170 Å². The summed E-state index contributed by atoms with van der Waals surface area (Å²) in [5.41, 5.74) is 6.54. The molecule has 0 aromatic heterocycles. The van der Waals surface area contributed by atoms with E-state index in [2.05, 4.69) is 72.8 Å². The van der Waals surface area contributed by atoms with Gasteiger partial charge in [-0.25, -0.2) is 0 Å². The molecule has 14 heteroatoms. The van der Waals surface area contributed by atoms with Crippen molar-refractivity contribution in [3.63, 3.8) is 0 Å². The standard InChI is InChI=1S/C39H48O8.C36H42O6/c1-41-26-32(40)27-47-37-15-8-14-36(46-24-28-22-30-10-4-6-12-34(30)38(23-28)43-3)39(37)29-16-18-33(19-17-29)45-21-9-20-44-25-31-11-5-7-13-35(31)42-2;1-38-33-13-6-4-10-30(33)25-40-19-8-20-41-31-17-15-27(16-18-31)36-29(23-37)11-7-14-34(36)42-24-26-21-28-9-3-5-12-32(28)35(22-26)39-2/h4-7,10-13,16-19,22-23,32,36-37,39-40H,8-9,14-15,20-21,24-27H2,1-3H3;3-6,9-10,12-13,15-18,21-22,29,34,36-37H,7-8,11,14,19-20,23-25H2,1-2H3/t32-,36+,37-,39-;29-,34-,36-/m10/s1. The first kappa shape index (κ1) is 66.2. The van der Waals surface area contributed by atoms with Gasteiger partial charge in [0.05, 0.1) is 113 Å². The van der Waals surface area contributed by atoms with E-state index in [0.29, 0.717) is 52.9 Å². The molecule has 0 spiro atoms. The third kappa shape index (κ3) is 18.9. The average Bonchev–Trinajstić information content (AvgIpc) is 3.38. The van der Waals surface area contributed by atoms with E-state index in [-0.39, 0.29) is 55.9 Å². The summed E-state index contributed by atoms with van der Waals surface area (Å²) in [5.74, 6) is 5.32. The molecule has 474 valence electrons. The summed E-state index contributed by atoms with van der Waals surface area (Å²) in [4.78, 5) is 0. The van der Waals surface area contributed by atoms with Gasteiger partial charge in [0.15, 0.2) is 0 Å². The van der Waals surface area contributed by atoms with Crippen molar-refractivity contribution >= 4 is 21.5 Å². The quantitative estimate of drug-likeness (QED) is 0.0385. The first-order valence-electron chi connectivity index (χ1n) is 31.4. The van der Waals surface area contributed by atoms with Crippen LogP contribution in [0.4, 0.5) is 0 Å². The maximum absolute atomic E-state index is 10.3. The minimum Gasteiger partial charge on any atom is -0.496 e. The summed E-state index contributed by atoms with van der Waals surface area (Å²) in [7, 11) is 8.34. The van der Waals surface area contributed by atoms with Crippen molar-refractivity contribution in [1.82, 2.24) is 0 Å². The highest BCUT2D eigenvalue weighted by Gasteiger charge is 2.37. The lowest BCUT2D eigenvalue weighted by Crippen LogP contribution is -2.39. The molecule has 89 heavy (non-hydrogen) atoms. The van der Waals surface area contributed by atoms with Gasteiger partial charge in [-0.15, -0.1) is 0 Å². The van der Waals surface area contributed by atoms with E-state index in [0.717, 1.165) is 135 Å². The third-order valence-corrected chi connectivity index (χ3v) is 16.8. The van der Waals surface area contributed by atoms with E-state index in [1.807, 2.05) is 97.1 Å². The molecule has 2 aliphatic carbocycles. The lowest BCUT2D eigenvalue weighted by Gasteiger charge is -2.38. The number of methoxy groups -OCH3 is 5. The van der Waals surface area contributed by atoms with Crippen molar-refractivity contribution in [1.29, 1.82) is 0 Å². The van der Waals surface area contributed by atoms with E-state index >= 15 is 0 Å². The third-order valence-electron chi connectivity index (χ3n) is 16.8. The summed E-state index contributed by atoms with van der Waals surface area (Å²) >= 11 is 0. The Balaban J connectivity index is 0.000000213. The molecule has 14 nitrogen and oxygen atoms in total. The Morgan fingerprint density at radius 2 is 0.865 bits per heavy atom. The van der Waals surface area contributed by atoms with Crippen molar-refractivity contribution in [2.45, 2.75) is 114 Å². The molecule has 0 amide bonds. The molecule has 0 bridgehead atoms. The summed E-state index contributed by atoms with van der Waals surface area (Å²) in [5, 5.41) is 25.0. The van der Waals surface area contributed by atoms with Crippen LogP contribution >= 0.6 is 0 Å². The zero-order valence-corrected chi connectivity index (χ0v) is 52.4. The molecule has 0 heterocycles. The molecule has 0 unspecified atom stereocenters. The molecule has 7 atom stereocenters. The van der Waals surface area contributed by atoms with Gasteiger partial charge >= 0.3 is 0 Å². The van der Waals surface area contributed by atoms with Gasteiger partial charge in [0, 0.05) is 60.3 Å². The van der Waals surface area contributed by atoms with E-state index in [1.54, 1.807) is 35.5 Å². The fourth-order valence-electron chi connectivity index (χ4n) is 12.4. The van der Waals surface area contributed by atoms with Crippen molar-refractivity contribution < 1.29 is 67.1 Å². The Labute approximate surface area is 525 Å². The van der Waals surface area contributed by atoms with Crippen LogP contribution in [0.1, 0.15) is 96.6 Å². The van der Waals surface area contributed by atoms with E-state index in [4.69, 9.17) is 56.8 Å². The summed E-state index contributed by atoms with van der Waals surface area (Å²) < 4.78 is 70.5. The lowest BCUT2D eigenvalue weighted by molar-refractivity contribution is -0.0928. The van der Waals surface area contributed by atoms with Crippen molar-refractivity contribution in [3.8, 4) is 34.5 Å². The molecule has 2 aliphatic rings. The van der Waals surface area contributed by atoms with Crippen LogP contribution in [-0.4, -0.2) is 116 Å². The monoisotopic (exact) mass is 1210 g/mol. The maximum atomic E-state index is 10.3. The number of aliphatic hydroxyl groups excluding tert-OH is 2. The summed E-state index contributed by atoms with van der Waals surface area (Å²) in [6, 6.07) is 57.3. The number of ether oxygens (including phenoxy) is 12. The molecular formula is C75H90O14. The molecule has 8 aromatic rings. The largest absolute Gasteiger partial charge is 0.496 e. The van der Waals surface area contributed by atoms with Gasteiger partial charge in [-0.05, 0) is 132 Å². The first-order valence-corrected chi connectivity index (χ1v) is 31.4. The zero-order valence-electron chi connectivity index (χ0n) is 52.4. The minimum atomic E-state index is -0.679.